The van der Waals surface area contributed by atoms with Crippen molar-refractivity contribution in [2.45, 2.75) is 38.3 Å². The minimum absolute atomic E-state index is 0.0435. The van der Waals surface area contributed by atoms with Crippen molar-refractivity contribution in [2.75, 3.05) is 6.61 Å². The first-order chi connectivity index (χ1) is 9.29. The maximum atomic E-state index is 11.7. The second-order valence-corrected chi connectivity index (χ2v) is 5.04. The summed E-state index contributed by atoms with van der Waals surface area (Å²) in [6.07, 6.45) is 3.73. The molecule has 1 aliphatic rings. The largest absolute Gasteiger partial charge is 0.445 e. The van der Waals surface area contributed by atoms with Crippen LogP contribution in [0.1, 0.15) is 31.2 Å². The van der Waals surface area contributed by atoms with Crippen molar-refractivity contribution in [3.05, 3.63) is 35.9 Å². The van der Waals surface area contributed by atoms with Crippen LogP contribution in [0, 0.1) is 5.92 Å². The zero-order valence-electron chi connectivity index (χ0n) is 11.0. The van der Waals surface area contributed by atoms with E-state index in [2.05, 4.69) is 5.32 Å². The van der Waals surface area contributed by atoms with E-state index < -0.39 is 6.09 Å². The summed E-state index contributed by atoms with van der Waals surface area (Å²) in [5.74, 6) is 0.165. The quantitative estimate of drug-likeness (QED) is 0.877. The van der Waals surface area contributed by atoms with E-state index in [0.717, 1.165) is 31.2 Å². The van der Waals surface area contributed by atoms with Gasteiger partial charge < -0.3 is 15.2 Å². The molecule has 2 atom stereocenters. The molecule has 1 aliphatic carbocycles. The van der Waals surface area contributed by atoms with E-state index in [1.165, 1.54) is 0 Å². The number of carbonyl (C=O) groups excluding carboxylic acids is 1. The Morgan fingerprint density at radius 3 is 2.74 bits per heavy atom. The second-order valence-electron chi connectivity index (χ2n) is 5.04. The lowest BCUT2D eigenvalue weighted by Gasteiger charge is -2.30. The predicted molar refractivity (Wildman–Crippen MR) is 72.6 cm³/mol. The Morgan fingerprint density at radius 1 is 1.26 bits per heavy atom. The zero-order chi connectivity index (χ0) is 13.5. The topological polar surface area (TPSA) is 58.6 Å². The van der Waals surface area contributed by atoms with Gasteiger partial charge in [0.15, 0.2) is 0 Å². The molecule has 1 aromatic carbocycles. The molecule has 2 N–H and O–H groups in total. The molecule has 104 valence electrons. The van der Waals surface area contributed by atoms with Crippen LogP contribution in [0.5, 0.6) is 0 Å². The highest BCUT2D eigenvalue weighted by molar-refractivity contribution is 5.67. The maximum absolute atomic E-state index is 11.7. The van der Waals surface area contributed by atoms with E-state index >= 15 is 0 Å². The highest BCUT2D eigenvalue weighted by atomic mass is 16.5. The molecule has 0 spiro atoms. The number of hydrogen-bond donors (Lipinski definition) is 2. The van der Waals surface area contributed by atoms with E-state index in [0.29, 0.717) is 0 Å². The van der Waals surface area contributed by atoms with Gasteiger partial charge in [-0.1, -0.05) is 43.2 Å². The minimum atomic E-state index is -0.394. The van der Waals surface area contributed by atoms with Gasteiger partial charge in [-0.05, 0) is 18.4 Å². The van der Waals surface area contributed by atoms with Gasteiger partial charge in [0.25, 0.3) is 0 Å². The smallest absolute Gasteiger partial charge is 0.407 e. The Morgan fingerprint density at radius 2 is 2.00 bits per heavy atom. The summed E-state index contributed by atoms with van der Waals surface area (Å²) in [4.78, 5) is 11.7. The van der Waals surface area contributed by atoms with Crippen molar-refractivity contribution in [1.29, 1.82) is 0 Å². The molecule has 0 heterocycles. The van der Waals surface area contributed by atoms with Crippen LogP contribution < -0.4 is 5.32 Å². The highest BCUT2D eigenvalue weighted by Gasteiger charge is 2.26. The third-order valence-corrected chi connectivity index (χ3v) is 3.66. The Labute approximate surface area is 113 Å². The lowest BCUT2D eigenvalue weighted by atomic mass is 9.85. The van der Waals surface area contributed by atoms with Crippen LogP contribution in [-0.2, 0) is 11.3 Å². The predicted octanol–water partition coefficient (Wildman–Crippen LogP) is 2.46. The van der Waals surface area contributed by atoms with Crippen LogP contribution in [0.3, 0.4) is 0 Å². The summed E-state index contributed by atoms with van der Waals surface area (Å²) < 4.78 is 5.19. The van der Waals surface area contributed by atoms with Gasteiger partial charge in [0.05, 0.1) is 0 Å². The van der Waals surface area contributed by atoms with Crippen molar-refractivity contribution in [1.82, 2.24) is 5.32 Å². The number of amides is 1. The molecule has 0 radical (unpaired) electrons. The summed E-state index contributed by atoms with van der Waals surface area (Å²) in [7, 11) is 0. The summed E-state index contributed by atoms with van der Waals surface area (Å²) in [6.45, 7) is 0.410. The van der Waals surface area contributed by atoms with Crippen molar-refractivity contribution in [3.63, 3.8) is 0 Å². The third kappa shape index (κ3) is 4.24. The van der Waals surface area contributed by atoms with Crippen LogP contribution in [0.4, 0.5) is 4.79 Å². The number of benzene rings is 1. The van der Waals surface area contributed by atoms with Crippen LogP contribution in [0.25, 0.3) is 0 Å². The fraction of sp³-hybridized carbons (Fsp3) is 0.533. The summed E-state index contributed by atoms with van der Waals surface area (Å²) in [6, 6.07) is 9.65. The van der Waals surface area contributed by atoms with E-state index in [1.807, 2.05) is 30.3 Å². The SMILES string of the molecule is O=C(N[C@@H]1CCCC[C@@H]1CO)OCc1ccccc1. The monoisotopic (exact) mass is 263 g/mol. The highest BCUT2D eigenvalue weighted by Crippen LogP contribution is 2.24. The third-order valence-electron chi connectivity index (χ3n) is 3.66. The molecule has 0 aliphatic heterocycles. The van der Waals surface area contributed by atoms with Gasteiger partial charge in [-0.25, -0.2) is 4.79 Å². The normalized spacial score (nSPS) is 22.8. The molecule has 1 fully saturated rings. The molecule has 1 saturated carbocycles. The average molecular weight is 263 g/mol. The number of ether oxygens (including phenoxy) is 1. The van der Waals surface area contributed by atoms with E-state index in [-0.39, 0.29) is 25.2 Å². The molecular weight excluding hydrogens is 242 g/mol. The fourth-order valence-electron chi connectivity index (χ4n) is 2.53. The lowest BCUT2D eigenvalue weighted by Crippen LogP contribution is -2.43. The lowest BCUT2D eigenvalue weighted by molar-refractivity contribution is 0.113. The van der Waals surface area contributed by atoms with Crippen LogP contribution >= 0.6 is 0 Å². The number of aliphatic hydroxyl groups is 1. The Balaban J connectivity index is 1.77. The first kappa shape index (κ1) is 13.9. The Bertz CT molecular complexity index is 394. The number of carbonyl (C=O) groups is 1. The van der Waals surface area contributed by atoms with Gasteiger partial charge >= 0.3 is 6.09 Å². The van der Waals surface area contributed by atoms with Gasteiger partial charge in [-0.2, -0.15) is 0 Å². The second kappa shape index (κ2) is 7.14. The molecule has 19 heavy (non-hydrogen) atoms. The molecule has 2 rings (SSSR count). The van der Waals surface area contributed by atoms with Crippen LogP contribution in [0.15, 0.2) is 30.3 Å². The van der Waals surface area contributed by atoms with Crippen molar-refractivity contribution >= 4 is 6.09 Å². The van der Waals surface area contributed by atoms with Gasteiger partial charge in [-0.15, -0.1) is 0 Å². The fourth-order valence-corrected chi connectivity index (χ4v) is 2.53. The molecule has 4 nitrogen and oxygen atoms in total. The minimum Gasteiger partial charge on any atom is -0.445 e. The van der Waals surface area contributed by atoms with Crippen molar-refractivity contribution in [3.8, 4) is 0 Å². The summed E-state index contributed by atoms with van der Waals surface area (Å²) >= 11 is 0. The van der Waals surface area contributed by atoms with Crippen molar-refractivity contribution < 1.29 is 14.6 Å². The zero-order valence-corrected chi connectivity index (χ0v) is 11.0. The maximum Gasteiger partial charge on any atom is 0.407 e. The average Bonchev–Trinajstić information content (AvgIpc) is 2.47. The van der Waals surface area contributed by atoms with Gasteiger partial charge in [0, 0.05) is 18.6 Å². The summed E-state index contributed by atoms with van der Waals surface area (Å²) in [5, 5.41) is 12.2. The first-order valence-corrected chi connectivity index (χ1v) is 6.87. The molecule has 1 amide bonds. The molecule has 0 saturated heterocycles. The standard InChI is InChI=1S/C15H21NO3/c17-10-13-8-4-5-9-14(13)16-15(18)19-11-12-6-2-1-3-7-12/h1-3,6-7,13-14,17H,4-5,8-11H2,(H,16,18)/t13-,14-/m1/s1. The molecule has 0 aromatic heterocycles. The van der Waals surface area contributed by atoms with Gasteiger partial charge in [0.1, 0.15) is 6.61 Å². The van der Waals surface area contributed by atoms with E-state index in [9.17, 15) is 9.90 Å². The number of alkyl carbamates (subject to hydrolysis) is 1. The van der Waals surface area contributed by atoms with Crippen molar-refractivity contribution in [2.24, 2.45) is 5.92 Å². The molecule has 0 bridgehead atoms. The van der Waals surface area contributed by atoms with Gasteiger partial charge in [0.2, 0.25) is 0 Å². The molecule has 1 aromatic rings. The van der Waals surface area contributed by atoms with Crippen LogP contribution in [0.2, 0.25) is 0 Å². The van der Waals surface area contributed by atoms with Crippen LogP contribution in [-0.4, -0.2) is 23.8 Å². The number of aliphatic hydroxyl groups excluding tert-OH is 1. The molecule has 4 heteroatoms. The first-order valence-electron chi connectivity index (χ1n) is 6.87. The Kier molecular flexibility index (Phi) is 5.21. The van der Waals surface area contributed by atoms with E-state index in [1.54, 1.807) is 0 Å². The summed E-state index contributed by atoms with van der Waals surface area (Å²) in [5.41, 5.74) is 0.972. The van der Waals surface area contributed by atoms with E-state index in [4.69, 9.17) is 4.74 Å². The molecule has 0 unspecified atom stereocenters. The molecular formula is C15H21NO3. The number of rotatable bonds is 4. The number of nitrogens with one attached hydrogen (secondary N) is 1. The van der Waals surface area contributed by atoms with Gasteiger partial charge in [-0.3, -0.25) is 0 Å². The Hall–Kier alpha value is -1.55. The number of hydrogen-bond acceptors (Lipinski definition) is 3.